The summed E-state index contributed by atoms with van der Waals surface area (Å²) >= 11 is 0. The maximum Gasteiger partial charge on any atom is 0.387 e. The van der Waals surface area contributed by atoms with Crippen molar-refractivity contribution < 1.29 is 27.8 Å². The number of carbonyl (C=O) groups is 2. The molecule has 1 unspecified atom stereocenters. The number of hydrogen-bond acceptors (Lipinski definition) is 4. The summed E-state index contributed by atoms with van der Waals surface area (Å²) in [6, 6.07) is 5.02. The van der Waals surface area contributed by atoms with Crippen LogP contribution in [0.1, 0.15) is 19.4 Å². The summed E-state index contributed by atoms with van der Waals surface area (Å²) in [6.45, 7) is 0.692. The van der Waals surface area contributed by atoms with Crippen molar-refractivity contribution in [3.05, 3.63) is 29.8 Å². The van der Waals surface area contributed by atoms with Crippen molar-refractivity contribution in [1.82, 2.24) is 5.32 Å². The molecule has 0 radical (unpaired) electrons. The number of carbonyl (C=O) groups excluding carboxylic acids is 2. The average Bonchev–Trinajstić information content (AvgIpc) is 2.45. The molecule has 1 aromatic carbocycles. The normalized spacial score (nSPS) is 12.1. The Morgan fingerprint density at radius 1 is 1.18 bits per heavy atom. The van der Waals surface area contributed by atoms with E-state index in [1.165, 1.54) is 31.4 Å². The highest BCUT2D eigenvalue weighted by Gasteiger charge is 2.24. The lowest BCUT2D eigenvalue weighted by Gasteiger charge is -2.19. The monoisotopic (exact) mass is 315 g/mol. The van der Waals surface area contributed by atoms with Crippen LogP contribution in [0.15, 0.2) is 24.3 Å². The van der Waals surface area contributed by atoms with Crippen LogP contribution in [0.2, 0.25) is 0 Å². The third-order valence-corrected chi connectivity index (χ3v) is 2.95. The molecule has 1 amide bonds. The molecule has 0 saturated heterocycles. The zero-order valence-electron chi connectivity index (χ0n) is 12.6. The Morgan fingerprint density at radius 2 is 1.77 bits per heavy atom. The first kappa shape index (κ1) is 17.9. The van der Waals surface area contributed by atoms with Crippen molar-refractivity contribution in [2.24, 2.45) is 5.92 Å². The molecule has 0 aromatic heterocycles. The van der Waals surface area contributed by atoms with Gasteiger partial charge in [0.05, 0.1) is 13.5 Å². The Balaban J connectivity index is 2.62. The highest BCUT2D eigenvalue weighted by atomic mass is 19.3. The first-order chi connectivity index (χ1) is 10.3. The molecular formula is C15H19F2NO4. The van der Waals surface area contributed by atoms with Gasteiger partial charge in [-0.1, -0.05) is 26.0 Å². The van der Waals surface area contributed by atoms with E-state index >= 15 is 0 Å². The molecule has 1 aromatic rings. The molecule has 1 atom stereocenters. The smallest absolute Gasteiger partial charge is 0.387 e. The first-order valence-electron chi connectivity index (χ1n) is 6.74. The Morgan fingerprint density at radius 3 is 2.23 bits per heavy atom. The lowest BCUT2D eigenvalue weighted by Crippen LogP contribution is -2.45. The molecule has 0 aliphatic rings. The molecular weight excluding hydrogens is 296 g/mol. The van der Waals surface area contributed by atoms with Crippen LogP contribution in [-0.4, -0.2) is 31.6 Å². The minimum Gasteiger partial charge on any atom is -0.467 e. The molecule has 0 heterocycles. The molecule has 0 aliphatic carbocycles. The Kier molecular flexibility index (Phi) is 6.75. The van der Waals surface area contributed by atoms with Crippen molar-refractivity contribution >= 4 is 11.9 Å². The van der Waals surface area contributed by atoms with Crippen molar-refractivity contribution in [2.45, 2.75) is 32.9 Å². The molecule has 0 fully saturated rings. The van der Waals surface area contributed by atoms with Crippen LogP contribution in [-0.2, 0) is 20.7 Å². The van der Waals surface area contributed by atoms with E-state index in [9.17, 15) is 18.4 Å². The van der Waals surface area contributed by atoms with Gasteiger partial charge in [-0.25, -0.2) is 4.79 Å². The highest BCUT2D eigenvalue weighted by molar-refractivity contribution is 5.85. The van der Waals surface area contributed by atoms with Gasteiger partial charge in [0.15, 0.2) is 0 Å². The van der Waals surface area contributed by atoms with Crippen LogP contribution in [0.3, 0.4) is 0 Å². The van der Waals surface area contributed by atoms with Gasteiger partial charge in [-0.2, -0.15) is 8.78 Å². The second kappa shape index (κ2) is 8.31. The third-order valence-electron chi connectivity index (χ3n) is 2.95. The van der Waals surface area contributed by atoms with E-state index in [-0.39, 0.29) is 24.0 Å². The number of rotatable bonds is 7. The fraction of sp³-hybridized carbons (Fsp3) is 0.467. The summed E-state index contributed by atoms with van der Waals surface area (Å²) in [7, 11) is 1.26. The van der Waals surface area contributed by atoms with E-state index in [1.807, 2.05) is 0 Å². The summed E-state index contributed by atoms with van der Waals surface area (Å²) < 4.78 is 32.9. The van der Waals surface area contributed by atoms with E-state index in [4.69, 9.17) is 0 Å². The minimum absolute atomic E-state index is 0.0220. The number of ether oxygens (including phenoxy) is 2. The highest BCUT2D eigenvalue weighted by Crippen LogP contribution is 2.15. The van der Waals surface area contributed by atoms with Gasteiger partial charge >= 0.3 is 12.6 Å². The molecule has 0 spiro atoms. The minimum atomic E-state index is -2.89. The Labute approximate surface area is 127 Å². The quantitative estimate of drug-likeness (QED) is 0.783. The SMILES string of the molecule is COC(=O)C(NC(=O)Cc1ccc(OC(F)F)cc1)C(C)C. The maximum absolute atomic E-state index is 12.0. The fourth-order valence-electron chi connectivity index (χ4n) is 1.82. The summed E-state index contributed by atoms with van der Waals surface area (Å²) in [5.41, 5.74) is 0.617. The lowest BCUT2D eigenvalue weighted by molar-refractivity contribution is -0.146. The summed E-state index contributed by atoms with van der Waals surface area (Å²) in [4.78, 5) is 23.5. The summed E-state index contributed by atoms with van der Waals surface area (Å²) in [5, 5.41) is 2.60. The molecule has 5 nitrogen and oxygen atoms in total. The maximum atomic E-state index is 12.0. The average molecular weight is 315 g/mol. The van der Waals surface area contributed by atoms with Crippen LogP contribution in [0.25, 0.3) is 0 Å². The predicted octanol–water partition coefficient (Wildman–Crippen LogP) is 2.14. The topological polar surface area (TPSA) is 64.6 Å². The van der Waals surface area contributed by atoms with Gasteiger partial charge < -0.3 is 14.8 Å². The van der Waals surface area contributed by atoms with Crippen molar-refractivity contribution in [3.8, 4) is 5.75 Å². The van der Waals surface area contributed by atoms with Gasteiger partial charge in [-0.05, 0) is 23.6 Å². The molecule has 1 N–H and O–H groups in total. The number of alkyl halides is 2. The molecule has 1 rings (SSSR count). The molecule has 0 bridgehead atoms. The number of esters is 1. The van der Waals surface area contributed by atoms with E-state index in [2.05, 4.69) is 14.8 Å². The molecule has 0 saturated carbocycles. The third kappa shape index (κ3) is 5.67. The second-order valence-corrected chi connectivity index (χ2v) is 5.01. The number of hydrogen-bond donors (Lipinski definition) is 1. The van der Waals surface area contributed by atoms with Crippen molar-refractivity contribution in [1.29, 1.82) is 0 Å². The number of benzene rings is 1. The van der Waals surface area contributed by atoms with E-state index in [1.54, 1.807) is 13.8 Å². The number of amides is 1. The van der Waals surface area contributed by atoms with Gasteiger partial charge in [0.2, 0.25) is 5.91 Å². The fourth-order valence-corrected chi connectivity index (χ4v) is 1.82. The van der Waals surface area contributed by atoms with Crippen LogP contribution >= 0.6 is 0 Å². The summed E-state index contributed by atoms with van der Waals surface area (Å²) in [6.07, 6.45) is 0.0230. The van der Waals surface area contributed by atoms with E-state index < -0.39 is 18.6 Å². The summed E-state index contributed by atoms with van der Waals surface area (Å²) in [5.74, 6) is -0.956. The van der Waals surface area contributed by atoms with Crippen LogP contribution in [0, 0.1) is 5.92 Å². The van der Waals surface area contributed by atoms with Gasteiger partial charge in [-0.3, -0.25) is 4.79 Å². The van der Waals surface area contributed by atoms with Gasteiger partial charge in [0.25, 0.3) is 0 Å². The van der Waals surface area contributed by atoms with E-state index in [0.717, 1.165) is 0 Å². The number of methoxy groups -OCH3 is 1. The first-order valence-corrected chi connectivity index (χ1v) is 6.74. The zero-order valence-corrected chi connectivity index (χ0v) is 12.6. The van der Waals surface area contributed by atoms with Gasteiger partial charge in [0, 0.05) is 0 Å². The standard InChI is InChI=1S/C15H19F2NO4/c1-9(2)13(14(20)21-3)18-12(19)8-10-4-6-11(7-5-10)22-15(16)17/h4-7,9,13,15H,8H2,1-3H3,(H,18,19). The van der Waals surface area contributed by atoms with E-state index in [0.29, 0.717) is 5.56 Å². The molecule has 7 heteroatoms. The molecule has 122 valence electrons. The van der Waals surface area contributed by atoms with Crippen LogP contribution in [0.5, 0.6) is 5.75 Å². The molecule has 22 heavy (non-hydrogen) atoms. The van der Waals surface area contributed by atoms with Crippen molar-refractivity contribution in [2.75, 3.05) is 7.11 Å². The zero-order chi connectivity index (χ0) is 16.7. The van der Waals surface area contributed by atoms with Crippen LogP contribution < -0.4 is 10.1 Å². The number of halogens is 2. The van der Waals surface area contributed by atoms with Crippen LogP contribution in [0.4, 0.5) is 8.78 Å². The van der Waals surface area contributed by atoms with Gasteiger partial charge in [0.1, 0.15) is 11.8 Å². The Hall–Kier alpha value is -2.18. The lowest BCUT2D eigenvalue weighted by atomic mass is 10.0. The largest absolute Gasteiger partial charge is 0.467 e. The molecule has 0 aliphatic heterocycles. The van der Waals surface area contributed by atoms with Crippen molar-refractivity contribution in [3.63, 3.8) is 0 Å². The number of nitrogens with one attached hydrogen (secondary N) is 1. The second-order valence-electron chi connectivity index (χ2n) is 5.01. The predicted molar refractivity (Wildman–Crippen MR) is 75.6 cm³/mol. The van der Waals surface area contributed by atoms with Gasteiger partial charge in [-0.15, -0.1) is 0 Å². The Bertz CT molecular complexity index is 503.